The lowest BCUT2D eigenvalue weighted by Crippen LogP contribution is -1.91. The van der Waals surface area contributed by atoms with Crippen LogP contribution in [0.3, 0.4) is 0 Å². The van der Waals surface area contributed by atoms with E-state index in [4.69, 9.17) is 11.6 Å². The van der Waals surface area contributed by atoms with Gasteiger partial charge in [0.2, 0.25) is 0 Å². The van der Waals surface area contributed by atoms with E-state index in [1.165, 1.54) is 0 Å². The summed E-state index contributed by atoms with van der Waals surface area (Å²) in [5.41, 5.74) is 1.14. The molecule has 0 saturated carbocycles. The van der Waals surface area contributed by atoms with Gasteiger partial charge in [-0.1, -0.05) is 30.7 Å². The van der Waals surface area contributed by atoms with Crippen molar-refractivity contribution in [3.8, 4) is 0 Å². The third-order valence-corrected chi connectivity index (χ3v) is 2.39. The first-order valence-electron chi connectivity index (χ1n) is 4.92. The minimum absolute atomic E-state index is 0.744. The first-order valence-corrected chi connectivity index (χ1v) is 5.30. The second-order valence-corrected chi connectivity index (χ2v) is 3.80. The predicted octanol–water partition coefficient (Wildman–Crippen LogP) is 2.61. The molecule has 0 saturated heterocycles. The van der Waals surface area contributed by atoms with Crippen LogP contribution in [0.5, 0.6) is 0 Å². The first kappa shape index (κ1) is 10.2. The van der Waals surface area contributed by atoms with Gasteiger partial charge < -0.3 is 0 Å². The molecule has 0 atom stereocenters. The lowest BCUT2D eigenvalue weighted by atomic mass is 10.1. The van der Waals surface area contributed by atoms with Crippen LogP contribution in [0.1, 0.15) is 24.1 Å². The molecular formula is C11H12ClN3. The molecule has 1 N–H and O–H groups in total. The first-order chi connectivity index (χ1) is 7.28. The van der Waals surface area contributed by atoms with Crippen LogP contribution in [0.4, 0.5) is 0 Å². The summed E-state index contributed by atoms with van der Waals surface area (Å²) in [7, 11) is 0. The van der Waals surface area contributed by atoms with E-state index in [-0.39, 0.29) is 0 Å². The summed E-state index contributed by atoms with van der Waals surface area (Å²) >= 11 is 5.90. The molecule has 15 heavy (non-hydrogen) atoms. The van der Waals surface area contributed by atoms with E-state index >= 15 is 0 Å². The van der Waals surface area contributed by atoms with E-state index in [9.17, 15) is 0 Å². The van der Waals surface area contributed by atoms with Gasteiger partial charge in [0.1, 0.15) is 11.6 Å². The van der Waals surface area contributed by atoms with E-state index in [0.717, 1.165) is 35.1 Å². The van der Waals surface area contributed by atoms with Gasteiger partial charge in [0.05, 0.1) is 0 Å². The second-order valence-electron chi connectivity index (χ2n) is 3.36. The Morgan fingerprint density at radius 1 is 1.40 bits per heavy atom. The van der Waals surface area contributed by atoms with Gasteiger partial charge in [-0.25, -0.2) is 4.98 Å². The average molecular weight is 222 g/mol. The molecule has 1 aromatic carbocycles. The summed E-state index contributed by atoms with van der Waals surface area (Å²) < 4.78 is 0. The van der Waals surface area contributed by atoms with Crippen LogP contribution in [-0.2, 0) is 12.8 Å². The van der Waals surface area contributed by atoms with Crippen molar-refractivity contribution >= 4 is 11.6 Å². The molecular weight excluding hydrogens is 210 g/mol. The van der Waals surface area contributed by atoms with Crippen molar-refractivity contribution in [2.75, 3.05) is 0 Å². The molecule has 0 amide bonds. The van der Waals surface area contributed by atoms with Crippen LogP contribution in [-0.4, -0.2) is 15.2 Å². The quantitative estimate of drug-likeness (QED) is 0.866. The number of nitrogens with zero attached hydrogens (tertiary/aromatic N) is 2. The monoisotopic (exact) mass is 221 g/mol. The van der Waals surface area contributed by atoms with Crippen molar-refractivity contribution < 1.29 is 0 Å². The highest BCUT2D eigenvalue weighted by atomic mass is 35.5. The summed E-state index contributed by atoms with van der Waals surface area (Å²) in [4.78, 5) is 4.34. The SMILES string of the molecule is CCc1n[nH]c(Cc2cccc(Cl)c2)n1. The fraction of sp³-hybridized carbons (Fsp3) is 0.273. The highest BCUT2D eigenvalue weighted by Gasteiger charge is 2.02. The van der Waals surface area contributed by atoms with Gasteiger partial charge in [0.25, 0.3) is 0 Å². The van der Waals surface area contributed by atoms with Crippen molar-refractivity contribution in [3.63, 3.8) is 0 Å². The topological polar surface area (TPSA) is 41.6 Å². The Morgan fingerprint density at radius 3 is 2.93 bits per heavy atom. The maximum atomic E-state index is 5.90. The minimum Gasteiger partial charge on any atom is -0.263 e. The fourth-order valence-electron chi connectivity index (χ4n) is 1.41. The molecule has 0 aliphatic heterocycles. The Hall–Kier alpha value is -1.35. The Labute approximate surface area is 93.5 Å². The largest absolute Gasteiger partial charge is 0.263 e. The number of aromatic nitrogens is 3. The molecule has 1 heterocycles. The third kappa shape index (κ3) is 2.57. The summed E-state index contributed by atoms with van der Waals surface area (Å²) in [5.74, 6) is 1.74. The molecule has 78 valence electrons. The van der Waals surface area contributed by atoms with E-state index in [1.54, 1.807) is 0 Å². The molecule has 4 heteroatoms. The van der Waals surface area contributed by atoms with Crippen LogP contribution < -0.4 is 0 Å². The van der Waals surface area contributed by atoms with Crippen molar-refractivity contribution in [2.45, 2.75) is 19.8 Å². The number of benzene rings is 1. The average Bonchev–Trinajstić information content (AvgIpc) is 2.65. The van der Waals surface area contributed by atoms with Gasteiger partial charge in [-0.3, -0.25) is 5.10 Å². The molecule has 0 radical (unpaired) electrons. The predicted molar refractivity (Wildman–Crippen MR) is 60.0 cm³/mol. The van der Waals surface area contributed by atoms with Gasteiger partial charge >= 0.3 is 0 Å². The van der Waals surface area contributed by atoms with Crippen molar-refractivity contribution in [2.24, 2.45) is 0 Å². The second kappa shape index (κ2) is 4.45. The molecule has 2 aromatic rings. The van der Waals surface area contributed by atoms with Gasteiger partial charge in [0, 0.05) is 17.9 Å². The van der Waals surface area contributed by atoms with Crippen molar-refractivity contribution in [1.82, 2.24) is 15.2 Å². The number of hydrogen-bond acceptors (Lipinski definition) is 2. The zero-order valence-electron chi connectivity index (χ0n) is 8.50. The maximum absolute atomic E-state index is 5.90. The number of halogens is 1. The molecule has 3 nitrogen and oxygen atoms in total. The van der Waals surface area contributed by atoms with Gasteiger partial charge in [-0.2, -0.15) is 5.10 Å². The van der Waals surface area contributed by atoms with E-state index in [2.05, 4.69) is 15.2 Å². The van der Waals surface area contributed by atoms with Crippen LogP contribution in [0.15, 0.2) is 24.3 Å². The molecule has 0 bridgehead atoms. The van der Waals surface area contributed by atoms with Gasteiger partial charge in [-0.15, -0.1) is 0 Å². The third-order valence-electron chi connectivity index (χ3n) is 2.15. The molecule has 2 rings (SSSR count). The van der Waals surface area contributed by atoms with Gasteiger partial charge in [-0.05, 0) is 17.7 Å². The fourth-order valence-corrected chi connectivity index (χ4v) is 1.63. The van der Waals surface area contributed by atoms with Crippen LogP contribution in [0.25, 0.3) is 0 Å². The molecule has 0 aliphatic carbocycles. The zero-order valence-corrected chi connectivity index (χ0v) is 9.25. The highest BCUT2D eigenvalue weighted by Crippen LogP contribution is 2.12. The summed E-state index contributed by atoms with van der Waals surface area (Å²) in [5, 5.41) is 7.76. The van der Waals surface area contributed by atoms with E-state index in [0.29, 0.717) is 0 Å². The summed E-state index contributed by atoms with van der Waals surface area (Å²) in [6.07, 6.45) is 1.60. The lowest BCUT2D eigenvalue weighted by molar-refractivity contribution is 0.942. The number of nitrogens with one attached hydrogen (secondary N) is 1. The zero-order chi connectivity index (χ0) is 10.7. The standard InChI is InChI=1S/C11H12ClN3/c1-2-10-13-11(15-14-10)7-8-4-3-5-9(12)6-8/h3-6H,2,7H2,1H3,(H,13,14,15). The lowest BCUT2D eigenvalue weighted by Gasteiger charge is -1.97. The minimum atomic E-state index is 0.744. The number of hydrogen-bond donors (Lipinski definition) is 1. The normalized spacial score (nSPS) is 10.5. The summed E-state index contributed by atoms with van der Waals surface area (Å²) in [6, 6.07) is 7.77. The molecule has 0 fully saturated rings. The molecule has 1 aromatic heterocycles. The molecule has 0 spiro atoms. The number of aryl methyl sites for hydroxylation is 1. The molecule has 0 unspecified atom stereocenters. The van der Waals surface area contributed by atoms with Crippen LogP contribution >= 0.6 is 11.6 Å². The summed E-state index contributed by atoms with van der Waals surface area (Å²) in [6.45, 7) is 2.03. The van der Waals surface area contributed by atoms with Crippen LogP contribution in [0, 0.1) is 0 Å². The Morgan fingerprint density at radius 2 is 2.27 bits per heavy atom. The smallest absolute Gasteiger partial charge is 0.150 e. The number of H-pyrrole nitrogens is 1. The van der Waals surface area contributed by atoms with Crippen LogP contribution in [0.2, 0.25) is 5.02 Å². The van der Waals surface area contributed by atoms with Crippen molar-refractivity contribution in [1.29, 1.82) is 0 Å². The number of aromatic amines is 1. The number of rotatable bonds is 3. The maximum Gasteiger partial charge on any atom is 0.150 e. The Kier molecular flexibility index (Phi) is 3.02. The van der Waals surface area contributed by atoms with E-state index < -0.39 is 0 Å². The van der Waals surface area contributed by atoms with Crippen molar-refractivity contribution in [3.05, 3.63) is 46.5 Å². The van der Waals surface area contributed by atoms with Gasteiger partial charge in [0.15, 0.2) is 0 Å². The Balaban J connectivity index is 2.14. The molecule has 0 aliphatic rings. The Bertz CT molecular complexity index is 451. The highest BCUT2D eigenvalue weighted by molar-refractivity contribution is 6.30. The van der Waals surface area contributed by atoms with E-state index in [1.807, 2.05) is 31.2 Å².